The molecule has 0 unspecified atom stereocenters. The van der Waals surface area contributed by atoms with E-state index in [2.05, 4.69) is 29.8 Å². The lowest BCUT2D eigenvalue weighted by Crippen LogP contribution is -2.29. The molecule has 1 aliphatic carbocycles. The topological polar surface area (TPSA) is 42.2 Å². The van der Waals surface area contributed by atoms with E-state index in [0.29, 0.717) is 10.9 Å². The first-order chi connectivity index (χ1) is 8.56. The molecule has 4 heteroatoms. The van der Waals surface area contributed by atoms with E-state index in [1.165, 1.54) is 18.4 Å². The van der Waals surface area contributed by atoms with Crippen molar-refractivity contribution in [2.45, 2.75) is 39.3 Å². The van der Waals surface area contributed by atoms with Gasteiger partial charge < -0.3 is 5.73 Å². The number of aromatic nitrogens is 1. The van der Waals surface area contributed by atoms with E-state index >= 15 is 0 Å². The van der Waals surface area contributed by atoms with Gasteiger partial charge in [0.15, 0.2) is 0 Å². The van der Waals surface area contributed by atoms with E-state index in [0.717, 1.165) is 24.8 Å². The van der Waals surface area contributed by atoms with Gasteiger partial charge in [-0.1, -0.05) is 26.1 Å². The largest absolute Gasteiger partial charge is 0.388 e. The molecule has 3 nitrogen and oxygen atoms in total. The van der Waals surface area contributed by atoms with Gasteiger partial charge in [-0.25, -0.2) is 0 Å². The van der Waals surface area contributed by atoms with Crippen molar-refractivity contribution in [3.63, 3.8) is 0 Å². The zero-order valence-corrected chi connectivity index (χ0v) is 11.9. The Bertz CT molecular complexity index is 427. The van der Waals surface area contributed by atoms with Crippen molar-refractivity contribution in [2.24, 2.45) is 11.7 Å². The number of hydrogen-bond donors (Lipinski definition) is 1. The summed E-state index contributed by atoms with van der Waals surface area (Å²) in [6.45, 7) is 6.65. The van der Waals surface area contributed by atoms with Crippen LogP contribution in [0.3, 0.4) is 0 Å². The van der Waals surface area contributed by atoms with Crippen molar-refractivity contribution in [3.05, 3.63) is 29.6 Å². The summed E-state index contributed by atoms with van der Waals surface area (Å²) in [6.07, 6.45) is 4.46. The molecule has 0 aromatic carbocycles. The van der Waals surface area contributed by atoms with Crippen LogP contribution in [-0.2, 0) is 6.54 Å². The van der Waals surface area contributed by atoms with Gasteiger partial charge in [-0.3, -0.25) is 9.88 Å². The molecule has 2 rings (SSSR count). The molecule has 0 radical (unpaired) electrons. The third-order valence-electron chi connectivity index (χ3n) is 3.13. The van der Waals surface area contributed by atoms with Crippen LogP contribution in [0.1, 0.15) is 37.9 Å². The lowest BCUT2D eigenvalue weighted by molar-refractivity contribution is 0.226. The number of rotatable bonds is 6. The monoisotopic (exact) mass is 263 g/mol. The molecule has 0 bridgehead atoms. The quantitative estimate of drug-likeness (QED) is 0.800. The van der Waals surface area contributed by atoms with Crippen LogP contribution in [-0.4, -0.2) is 27.5 Å². The molecule has 2 N–H and O–H groups in total. The van der Waals surface area contributed by atoms with E-state index in [1.807, 2.05) is 6.07 Å². The molecule has 1 fully saturated rings. The zero-order valence-electron chi connectivity index (χ0n) is 11.1. The van der Waals surface area contributed by atoms with Gasteiger partial charge >= 0.3 is 0 Å². The molecule has 1 heterocycles. The summed E-state index contributed by atoms with van der Waals surface area (Å²) in [4.78, 5) is 7.12. The average molecular weight is 263 g/mol. The molecule has 0 amide bonds. The minimum atomic E-state index is 0.374. The summed E-state index contributed by atoms with van der Waals surface area (Å²) in [7, 11) is 0. The minimum absolute atomic E-state index is 0.374. The third-order valence-corrected chi connectivity index (χ3v) is 3.33. The second-order valence-corrected chi connectivity index (χ2v) is 5.91. The SMILES string of the molecule is CC(C)CN(Cc1ccnc(C(N)=S)c1)C1CC1. The third kappa shape index (κ3) is 3.75. The first-order valence-corrected chi connectivity index (χ1v) is 6.96. The van der Waals surface area contributed by atoms with Crippen LogP contribution in [0.4, 0.5) is 0 Å². The Labute approximate surface area is 114 Å². The number of nitrogens with zero attached hydrogens (tertiary/aromatic N) is 2. The Morgan fingerprint density at radius 2 is 2.28 bits per heavy atom. The minimum Gasteiger partial charge on any atom is -0.388 e. The summed E-state index contributed by atoms with van der Waals surface area (Å²) in [5.74, 6) is 0.697. The Morgan fingerprint density at radius 3 is 2.83 bits per heavy atom. The number of nitrogens with two attached hydrogens (primary N) is 1. The predicted octanol–water partition coefficient (Wildman–Crippen LogP) is 2.34. The molecular weight excluding hydrogens is 242 g/mol. The highest BCUT2D eigenvalue weighted by Crippen LogP contribution is 2.29. The maximum atomic E-state index is 5.62. The molecule has 18 heavy (non-hydrogen) atoms. The number of hydrogen-bond acceptors (Lipinski definition) is 3. The average Bonchev–Trinajstić information content (AvgIpc) is 3.11. The summed E-state index contributed by atoms with van der Waals surface area (Å²) < 4.78 is 0. The normalized spacial score (nSPS) is 15.3. The van der Waals surface area contributed by atoms with Gasteiger partial charge in [-0.05, 0) is 36.5 Å². The summed E-state index contributed by atoms with van der Waals surface area (Å²) in [5.41, 5.74) is 7.60. The summed E-state index contributed by atoms with van der Waals surface area (Å²) in [6, 6.07) is 4.84. The first kappa shape index (κ1) is 13.4. The van der Waals surface area contributed by atoms with Crippen molar-refractivity contribution in [2.75, 3.05) is 6.54 Å². The molecule has 0 saturated heterocycles. The Hall–Kier alpha value is -1.00. The van der Waals surface area contributed by atoms with Gasteiger partial charge in [0.25, 0.3) is 0 Å². The van der Waals surface area contributed by atoms with Crippen LogP contribution in [0.15, 0.2) is 18.3 Å². The summed E-state index contributed by atoms with van der Waals surface area (Å²) >= 11 is 4.97. The highest BCUT2D eigenvalue weighted by molar-refractivity contribution is 7.80. The molecule has 1 aromatic rings. The highest BCUT2D eigenvalue weighted by Gasteiger charge is 2.29. The Balaban J connectivity index is 2.06. The lowest BCUT2D eigenvalue weighted by Gasteiger charge is -2.24. The first-order valence-electron chi connectivity index (χ1n) is 6.55. The molecule has 1 saturated carbocycles. The second-order valence-electron chi connectivity index (χ2n) is 5.47. The fraction of sp³-hybridized carbons (Fsp3) is 0.571. The van der Waals surface area contributed by atoms with Crippen molar-refractivity contribution in [1.82, 2.24) is 9.88 Å². The van der Waals surface area contributed by atoms with Gasteiger partial charge in [0.2, 0.25) is 0 Å². The van der Waals surface area contributed by atoms with Gasteiger partial charge in [0.05, 0.1) is 5.69 Å². The highest BCUT2D eigenvalue weighted by atomic mass is 32.1. The Kier molecular flexibility index (Phi) is 4.30. The van der Waals surface area contributed by atoms with Gasteiger partial charge in [0.1, 0.15) is 4.99 Å². The van der Waals surface area contributed by atoms with Crippen LogP contribution in [0.2, 0.25) is 0 Å². The van der Waals surface area contributed by atoms with Crippen LogP contribution in [0.25, 0.3) is 0 Å². The maximum Gasteiger partial charge on any atom is 0.122 e. The van der Waals surface area contributed by atoms with Crippen LogP contribution < -0.4 is 5.73 Å². The van der Waals surface area contributed by atoms with Crippen molar-refractivity contribution in [3.8, 4) is 0 Å². The van der Waals surface area contributed by atoms with Crippen LogP contribution in [0.5, 0.6) is 0 Å². The van der Waals surface area contributed by atoms with Crippen LogP contribution >= 0.6 is 12.2 Å². The standard InChI is InChI=1S/C14H21N3S/c1-10(2)8-17(12-3-4-12)9-11-5-6-16-13(7-11)14(15)18/h5-7,10,12H,3-4,8-9H2,1-2H3,(H2,15,18). The number of thiocarbonyl (C=S) groups is 1. The molecular formula is C14H21N3S. The Morgan fingerprint density at radius 1 is 1.56 bits per heavy atom. The molecule has 98 valence electrons. The maximum absolute atomic E-state index is 5.62. The van der Waals surface area contributed by atoms with E-state index in [9.17, 15) is 0 Å². The molecule has 0 spiro atoms. The smallest absolute Gasteiger partial charge is 0.122 e. The van der Waals surface area contributed by atoms with Crippen LogP contribution in [0, 0.1) is 5.92 Å². The molecule has 0 atom stereocenters. The fourth-order valence-electron chi connectivity index (χ4n) is 2.19. The molecule has 1 aliphatic rings. The fourth-order valence-corrected chi connectivity index (χ4v) is 2.30. The van der Waals surface area contributed by atoms with Crippen molar-refractivity contribution in [1.29, 1.82) is 0 Å². The second kappa shape index (κ2) is 5.76. The van der Waals surface area contributed by atoms with Crippen molar-refractivity contribution >= 4 is 17.2 Å². The zero-order chi connectivity index (χ0) is 13.1. The molecule has 0 aliphatic heterocycles. The molecule has 1 aromatic heterocycles. The van der Waals surface area contributed by atoms with E-state index in [-0.39, 0.29) is 0 Å². The number of pyridine rings is 1. The van der Waals surface area contributed by atoms with Gasteiger partial charge in [-0.2, -0.15) is 0 Å². The van der Waals surface area contributed by atoms with Gasteiger partial charge in [-0.15, -0.1) is 0 Å². The van der Waals surface area contributed by atoms with Crippen molar-refractivity contribution < 1.29 is 0 Å². The van der Waals surface area contributed by atoms with Gasteiger partial charge in [0, 0.05) is 25.3 Å². The van der Waals surface area contributed by atoms with E-state index in [4.69, 9.17) is 18.0 Å². The van der Waals surface area contributed by atoms with E-state index in [1.54, 1.807) is 6.20 Å². The lowest BCUT2D eigenvalue weighted by atomic mass is 10.1. The summed E-state index contributed by atoms with van der Waals surface area (Å²) in [5, 5.41) is 0. The van der Waals surface area contributed by atoms with E-state index < -0.39 is 0 Å². The predicted molar refractivity (Wildman–Crippen MR) is 78.4 cm³/mol.